The number of carbonyl (C=O) groups excluding carboxylic acids is 2. The van der Waals surface area contributed by atoms with Gasteiger partial charge in [-0.2, -0.15) is 0 Å². The van der Waals surface area contributed by atoms with Crippen LogP contribution in [-0.2, 0) is 21.5 Å². The first-order valence-corrected chi connectivity index (χ1v) is 12.8. The Kier molecular flexibility index (Phi) is 10.3. The van der Waals surface area contributed by atoms with Gasteiger partial charge < -0.3 is 15.0 Å². The summed E-state index contributed by atoms with van der Waals surface area (Å²) in [5.74, 6) is 0.0238. The quantitative estimate of drug-likeness (QED) is 0.361. The molecule has 34 heavy (non-hydrogen) atoms. The highest BCUT2D eigenvalue weighted by Crippen LogP contribution is 2.31. The van der Waals surface area contributed by atoms with Gasteiger partial charge in [0.25, 0.3) is 5.91 Å². The maximum absolute atomic E-state index is 13.3. The number of benzene rings is 2. The van der Waals surface area contributed by atoms with E-state index in [0.29, 0.717) is 15.8 Å². The fourth-order valence-electron chi connectivity index (χ4n) is 3.19. The average Bonchev–Trinajstić information content (AvgIpc) is 2.77. The summed E-state index contributed by atoms with van der Waals surface area (Å²) in [6.07, 6.45) is 0.793. The molecule has 0 bridgehead atoms. The molecule has 5 nitrogen and oxygen atoms in total. The highest BCUT2D eigenvalue weighted by atomic mass is 79.9. The first-order chi connectivity index (χ1) is 15.8. The van der Waals surface area contributed by atoms with Gasteiger partial charge in [0.2, 0.25) is 5.91 Å². The summed E-state index contributed by atoms with van der Waals surface area (Å²) in [6, 6.07) is 10.3. The van der Waals surface area contributed by atoms with Gasteiger partial charge in [0.1, 0.15) is 11.8 Å². The molecule has 0 aromatic heterocycles. The van der Waals surface area contributed by atoms with Crippen LogP contribution in [-0.4, -0.2) is 35.4 Å². The number of hydrogen-bond donors (Lipinski definition) is 1. The van der Waals surface area contributed by atoms with Crippen LogP contribution in [0, 0.1) is 0 Å². The van der Waals surface area contributed by atoms with Gasteiger partial charge in [-0.1, -0.05) is 63.0 Å². The van der Waals surface area contributed by atoms with E-state index >= 15 is 0 Å². The van der Waals surface area contributed by atoms with E-state index in [0.717, 1.165) is 22.0 Å². The predicted octanol–water partition coefficient (Wildman–Crippen LogP) is 6.76. The molecule has 0 saturated heterocycles. The number of hydrogen-bond acceptors (Lipinski definition) is 3. The van der Waals surface area contributed by atoms with Crippen LogP contribution in [0.1, 0.15) is 59.1 Å². The fraction of sp³-hybridized carbons (Fsp3) is 0.462. The van der Waals surface area contributed by atoms with Gasteiger partial charge >= 0.3 is 0 Å². The SMILES string of the molecule is CC[C@H](C)NC(=O)[C@@H](C)N(Cc1ccc(Cl)c(Cl)c1)C(=O)COc1ccc(C(C)(C)C)cc1Br. The summed E-state index contributed by atoms with van der Waals surface area (Å²) in [6.45, 7) is 12.0. The van der Waals surface area contributed by atoms with Crippen LogP contribution >= 0.6 is 39.1 Å². The molecule has 0 fully saturated rings. The van der Waals surface area contributed by atoms with Crippen molar-refractivity contribution in [3.63, 3.8) is 0 Å². The number of carbonyl (C=O) groups is 2. The van der Waals surface area contributed by atoms with Gasteiger partial charge in [-0.05, 0) is 77.0 Å². The van der Waals surface area contributed by atoms with Crippen LogP contribution in [0.3, 0.4) is 0 Å². The lowest BCUT2D eigenvalue weighted by Crippen LogP contribution is -2.50. The van der Waals surface area contributed by atoms with E-state index in [2.05, 4.69) is 42.0 Å². The molecule has 186 valence electrons. The molecule has 0 aliphatic heterocycles. The molecule has 0 heterocycles. The van der Waals surface area contributed by atoms with Crippen LogP contribution in [0.4, 0.5) is 0 Å². The van der Waals surface area contributed by atoms with Gasteiger partial charge in [0.15, 0.2) is 6.61 Å². The summed E-state index contributed by atoms with van der Waals surface area (Å²) in [5.41, 5.74) is 1.91. The van der Waals surface area contributed by atoms with Crippen LogP contribution < -0.4 is 10.1 Å². The summed E-state index contributed by atoms with van der Waals surface area (Å²) >= 11 is 15.7. The minimum Gasteiger partial charge on any atom is -0.483 e. The van der Waals surface area contributed by atoms with Crippen molar-refractivity contribution >= 4 is 50.9 Å². The van der Waals surface area contributed by atoms with Gasteiger partial charge in [-0.15, -0.1) is 0 Å². The second-order valence-corrected chi connectivity index (χ2v) is 11.1. The molecule has 0 aliphatic carbocycles. The van der Waals surface area contributed by atoms with Crippen molar-refractivity contribution in [1.29, 1.82) is 0 Å². The topological polar surface area (TPSA) is 58.6 Å². The van der Waals surface area contributed by atoms with Crippen molar-refractivity contribution in [2.75, 3.05) is 6.61 Å². The number of nitrogens with zero attached hydrogens (tertiary/aromatic N) is 1. The van der Waals surface area contributed by atoms with Crippen molar-refractivity contribution in [3.05, 3.63) is 62.0 Å². The fourth-order valence-corrected chi connectivity index (χ4v) is 4.00. The normalized spacial score (nSPS) is 13.2. The second-order valence-electron chi connectivity index (χ2n) is 9.45. The Morgan fingerprint density at radius 2 is 1.76 bits per heavy atom. The van der Waals surface area contributed by atoms with E-state index < -0.39 is 6.04 Å². The van der Waals surface area contributed by atoms with Crippen LogP contribution in [0.2, 0.25) is 10.0 Å². The maximum Gasteiger partial charge on any atom is 0.261 e. The third-order valence-electron chi connectivity index (χ3n) is 5.65. The monoisotopic (exact) mass is 570 g/mol. The van der Waals surface area contributed by atoms with Gasteiger partial charge in [-0.25, -0.2) is 0 Å². The number of halogens is 3. The lowest BCUT2D eigenvalue weighted by molar-refractivity contribution is -0.142. The molecule has 2 rings (SSSR count). The largest absolute Gasteiger partial charge is 0.483 e. The molecule has 2 atom stereocenters. The molecule has 0 spiro atoms. The first-order valence-electron chi connectivity index (χ1n) is 11.3. The standard InChI is InChI=1S/C26H33BrCl2N2O3/c1-7-16(2)30-25(33)17(3)31(14-18-8-10-21(28)22(29)12-18)24(32)15-34-23-11-9-19(13-20(23)27)26(4,5)6/h8-13,16-17H,7,14-15H2,1-6H3,(H,30,33)/t16-,17+/m0/s1. The maximum atomic E-state index is 13.3. The van der Waals surface area contributed by atoms with Crippen molar-refractivity contribution < 1.29 is 14.3 Å². The Hall–Kier alpha value is -1.76. The van der Waals surface area contributed by atoms with Crippen LogP contribution in [0.25, 0.3) is 0 Å². The van der Waals surface area contributed by atoms with Crippen molar-refractivity contribution in [2.45, 2.75) is 72.0 Å². The first kappa shape index (κ1) is 28.5. The van der Waals surface area contributed by atoms with Crippen molar-refractivity contribution in [1.82, 2.24) is 10.2 Å². The second kappa shape index (κ2) is 12.3. The molecule has 0 saturated carbocycles. The Balaban J connectivity index is 2.22. The molecular formula is C26H33BrCl2N2O3. The zero-order valence-corrected chi connectivity index (χ0v) is 23.6. The van der Waals surface area contributed by atoms with Gasteiger partial charge in [0, 0.05) is 12.6 Å². The summed E-state index contributed by atoms with van der Waals surface area (Å²) in [7, 11) is 0. The zero-order valence-electron chi connectivity index (χ0n) is 20.5. The van der Waals surface area contributed by atoms with Crippen molar-refractivity contribution in [2.24, 2.45) is 0 Å². The lowest BCUT2D eigenvalue weighted by atomic mass is 9.87. The molecule has 0 unspecified atom stereocenters. The van der Waals surface area contributed by atoms with Crippen LogP contribution in [0.5, 0.6) is 5.75 Å². The smallest absolute Gasteiger partial charge is 0.261 e. The van der Waals surface area contributed by atoms with E-state index in [1.54, 1.807) is 25.1 Å². The molecule has 8 heteroatoms. The molecule has 0 aliphatic rings. The van der Waals surface area contributed by atoms with Crippen LogP contribution in [0.15, 0.2) is 40.9 Å². The third-order valence-corrected chi connectivity index (χ3v) is 7.01. The Morgan fingerprint density at radius 1 is 1.09 bits per heavy atom. The number of nitrogens with one attached hydrogen (secondary N) is 1. The molecular weight excluding hydrogens is 539 g/mol. The molecule has 2 amide bonds. The molecule has 1 N–H and O–H groups in total. The number of rotatable bonds is 9. The zero-order chi connectivity index (χ0) is 25.6. The summed E-state index contributed by atoms with van der Waals surface area (Å²) in [5, 5.41) is 3.77. The van der Waals surface area contributed by atoms with Gasteiger partial charge in [0.05, 0.1) is 14.5 Å². The third kappa shape index (κ3) is 7.89. The number of ether oxygens (including phenoxy) is 1. The Bertz CT molecular complexity index is 1020. The minimum atomic E-state index is -0.703. The minimum absolute atomic E-state index is 0.00501. The summed E-state index contributed by atoms with van der Waals surface area (Å²) in [4.78, 5) is 27.6. The Morgan fingerprint density at radius 3 is 2.32 bits per heavy atom. The van der Waals surface area contributed by atoms with E-state index in [4.69, 9.17) is 27.9 Å². The molecule has 0 radical (unpaired) electrons. The van der Waals surface area contributed by atoms with E-state index in [9.17, 15) is 9.59 Å². The highest BCUT2D eigenvalue weighted by molar-refractivity contribution is 9.10. The summed E-state index contributed by atoms with van der Waals surface area (Å²) < 4.78 is 6.61. The van der Waals surface area contributed by atoms with Crippen molar-refractivity contribution in [3.8, 4) is 5.75 Å². The number of amides is 2. The molecule has 2 aromatic rings. The van der Waals surface area contributed by atoms with E-state index in [1.165, 1.54) is 4.90 Å². The van der Waals surface area contributed by atoms with E-state index in [1.807, 2.05) is 32.0 Å². The Labute approximate surface area is 221 Å². The average molecular weight is 572 g/mol. The highest BCUT2D eigenvalue weighted by Gasteiger charge is 2.27. The predicted molar refractivity (Wildman–Crippen MR) is 143 cm³/mol. The van der Waals surface area contributed by atoms with E-state index in [-0.39, 0.29) is 36.4 Å². The van der Waals surface area contributed by atoms with Gasteiger partial charge in [-0.3, -0.25) is 9.59 Å². The lowest BCUT2D eigenvalue weighted by Gasteiger charge is -2.30. The molecule has 2 aromatic carbocycles.